The molecule has 0 aromatic carbocycles. The highest BCUT2D eigenvalue weighted by Gasteiger charge is 2.25. The molecule has 0 saturated carbocycles. The number of allylic oxidation sites excluding steroid dienone is 14. The lowest BCUT2D eigenvalue weighted by molar-refractivity contribution is -0.870. The van der Waals surface area contributed by atoms with Crippen LogP contribution in [0.5, 0.6) is 0 Å². The minimum Gasteiger partial charge on any atom is -0.477 e. The van der Waals surface area contributed by atoms with Crippen LogP contribution in [0.2, 0.25) is 0 Å². The fraction of sp³-hybridized carbons (Fsp3) is 0.712. The van der Waals surface area contributed by atoms with Gasteiger partial charge in [-0.1, -0.05) is 202 Å². The zero-order valence-electron chi connectivity index (χ0n) is 44.2. The van der Waals surface area contributed by atoms with Crippen molar-refractivity contribution in [3.63, 3.8) is 0 Å². The van der Waals surface area contributed by atoms with Gasteiger partial charge in [-0.25, -0.2) is 4.79 Å². The van der Waals surface area contributed by atoms with Crippen molar-refractivity contribution in [2.45, 2.75) is 225 Å². The molecule has 2 unspecified atom stereocenters. The number of esters is 2. The van der Waals surface area contributed by atoms with Crippen LogP contribution in [0.3, 0.4) is 0 Å². The summed E-state index contributed by atoms with van der Waals surface area (Å²) in [6.07, 6.45) is 62.5. The number of ether oxygens (including phenoxy) is 4. The predicted octanol–water partition coefficient (Wildman–Crippen LogP) is 15.6. The fourth-order valence-electron chi connectivity index (χ4n) is 7.19. The van der Waals surface area contributed by atoms with Gasteiger partial charge in [0.15, 0.2) is 6.10 Å². The van der Waals surface area contributed by atoms with Crippen molar-refractivity contribution in [3.05, 3.63) is 85.1 Å². The Bertz CT molecular complexity index is 1390. The van der Waals surface area contributed by atoms with Gasteiger partial charge < -0.3 is 28.5 Å². The summed E-state index contributed by atoms with van der Waals surface area (Å²) in [5.41, 5.74) is 0. The molecule has 0 radical (unpaired) electrons. The molecule has 9 heteroatoms. The number of nitrogens with zero attached hydrogens (tertiary/aromatic N) is 1. The molecule has 9 nitrogen and oxygen atoms in total. The maximum Gasteiger partial charge on any atom is 0.361 e. The van der Waals surface area contributed by atoms with Crippen molar-refractivity contribution in [3.8, 4) is 0 Å². The first kappa shape index (κ1) is 64.5. The SMILES string of the molecule is CC/C=C\C/C=C\C/C=C\C/C=C\C/C=C\C/C=C\CCCCCCCCCCCCCCCCC(=O)OC(COC(=O)CCCCCCC/C=C\CCC)COC(OCC[N+](C)(C)C)C(=O)O. The van der Waals surface area contributed by atoms with Crippen LogP contribution in [-0.2, 0) is 33.3 Å². The van der Waals surface area contributed by atoms with Gasteiger partial charge in [0.25, 0.3) is 6.29 Å². The average Bonchev–Trinajstić information content (AvgIpc) is 3.30. The summed E-state index contributed by atoms with van der Waals surface area (Å²) in [4.78, 5) is 37.2. The number of carbonyl (C=O) groups is 3. The third-order valence-electron chi connectivity index (χ3n) is 11.4. The number of carbonyl (C=O) groups excluding carboxylic acids is 2. The highest BCUT2D eigenvalue weighted by molar-refractivity contribution is 5.71. The second-order valence-electron chi connectivity index (χ2n) is 19.2. The largest absolute Gasteiger partial charge is 0.477 e. The first-order valence-corrected chi connectivity index (χ1v) is 27.3. The molecule has 390 valence electrons. The molecule has 0 fully saturated rings. The number of aliphatic carboxylic acids is 1. The van der Waals surface area contributed by atoms with E-state index in [2.05, 4.69) is 98.9 Å². The zero-order valence-corrected chi connectivity index (χ0v) is 44.2. The first-order valence-electron chi connectivity index (χ1n) is 27.3. The van der Waals surface area contributed by atoms with Gasteiger partial charge in [-0.05, 0) is 83.5 Å². The van der Waals surface area contributed by atoms with E-state index in [1.54, 1.807) is 0 Å². The third-order valence-corrected chi connectivity index (χ3v) is 11.4. The van der Waals surface area contributed by atoms with Crippen molar-refractivity contribution in [1.82, 2.24) is 0 Å². The summed E-state index contributed by atoms with van der Waals surface area (Å²) < 4.78 is 22.8. The molecule has 0 bridgehead atoms. The Morgan fingerprint density at radius 3 is 1.26 bits per heavy atom. The van der Waals surface area contributed by atoms with Gasteiger partial charge in [0.1, 0.15) is 13.2 Å². The maximum atomic E-state index is 12.8. The number of hydrogen-bond donors (Lipinski definition) is 1. The Hall–Kier alpha value is -3.53. The summed E-state index contributed by atoms with van der Waals surface area (Å²) in [5.74, 6) is -2.02. The highest BCUT2D eigenvalue weighted by Crippen LogP contribution is 2.15. The smallest absolute Gasteiger partial charge is 0.361 e. The normalized spacial score (nSPS) is 13.5. The predicted molar refractivity (Wildman–Crippen MR) is 286 cm³/mol. The summed E-state index contributed by atoms with van der Waals surface area (Å²) in [6, 6.07) is 0. The standard InChI is InChI=1S/C59H101NO8/c1-6-8-10-12-14-16-18-19-20-21-22-23-24-25-26-27-28-29-30-31-32-33-34-35-36-37-38-39-40-42-44-46-48-50-57(62)68-55(54-67-59(58(63)64)65-52-51-60(3,4)5)53-66-56(61)49-47-45-43-41-17-15-13-11-9-7-2/h8,10-11,13-14,16,19-20,22-23,25-26,28-29,55,59H,6-7,9,12,15,17-18,21,24,27,30-54H2,1-5H3/p+1/b10-8-,13-11-,16-14-,20-19-,23-22-,26-25-,29-28-. The Labute approximate surface area is 417 Å². The summed E-state index contributed by atoms with van der Waals surface area (Å²) in [5, 5.41) is 9.66. The van der Waals surface area contributed by atoms with E-state index >= 15 is 0 Å². The number of carboxylic acids is 1. The number of rotatable bonds is 49. The van der Waals surface area contributed by atoms with Gasteiger partial charge >= 0.3 is 17.9 Å². The molecule has 2 atom stereocenters. The van der Waals surface area contributed by atoms with Crippen LogP contribution in [0.4, 0.5) is 0 Å². The maximum absolute atomic E-state index is 12.8. The van der Waals surface area contributed by atoms with Crippen LogP contribution in [0.15, 0.2) is 85.1 Å². The average molecular weight is 953 g/mol. The quantitative estimate of drug-likeness (QED) is 0.0211. The van der Waals surface area contributed by atoms with E-state index in [-0.39, 0.29) is 38.6 Å². The van der Waals surface area contributed by atoms with E-state index < -0.39 is 24.3 Å². The number of likely N-dealkylation sites (N-methyl/N-ethyl adjacent to an activating group) is 1. The zero-order chi connectivity index (χ0) is 49.9. The highest BCUT2D eigenvalue weighted by atomic mass is 16.7. The summed E-state index contributed by atoms with van der Waals surface area (Å²) in [7, 11) is 5.95. The molecule has 1 N–H and O–H groups in total. The molecule has 0 aromatic rings. The van der Waals surface area contributed by atoms with Gasteiger partial charge in [0.05, 0.1) is 34.4 Å². The minimum atomic E-state index is -1.51. The molecule has 0 aliphatic rings. The number of quaternary nitrogens is 1. The van der Waals surface area contributed by atoms with E-state index in [4.69, 9.17) is 18.9 Å². The van der Waals surface area contributed by atoms with E-state index in [1.165, 1.54) is 83.5 Å². The molecule has 0 heterocycles. The number of unbranched alkanes of at least 4 members (excludes halogenated alkanes) is 20. The lowest BCUT2D eigenvalue weighted by atomic mass is 10.0. The van der Waals surface area contributed by atoms with Gasteiger partial charge in [-0.2, -0.15) is 0 Å². The van der Waals surface area contributed by atoms with Crippen LogP contribution in [-0.4, -0.2) is 87.4 Å². The van der Waals surface area contributed by atoms with Crippen LogP contribution in [0.25, 0.3) is 0 Å². The van der Waals surface area contributed by atoms with Crippen molar-refractivity contribution < 1.29 is 42.9 Å². The molecule has 0 saturated heterocycles. The van der Waals surface area contributed by atoms with Crippen LogP contribution >= 0.6 is 0 Å². The molecule has 68 heavy (non-hydrogen) atoms. The number of carboxylic acid groups (broad SMARTS) is 1. The molecule has 0 amide bonds. The molecule has 0 aliphatic heterocycles. The number of hydrogen-bond acceptors (Lipinski definition) is 7. The topological polar surface area (TPSA) is 108 Å². The summed E-state index contributed by atoms with van der Waals surface area (Å²) >= 11 is 0. The second kappa shape index (κ2) is 49.9. The van der Waals surface area contributed by atoms with E-state index in [0.29, 0.717) is 17.4 Å². The molecule has 0 spiro atoms. The Morgan fingerprint density at radius 1 is 0.456 bits per heavy atom. The van der Waals surface area contributed by atoms with Gasteiger partial charge in [0, 0.05) is 12.8 Å². The lowest BCUT2D eigenvalue weighted by Gasteiger charge is -2.25. The van der Waals surface area contributed by atoms with Crippen molar-refractivity contribution in [1.29, 1.82) is 0 Å². The second-order valence-corrected chi connectivity index (χ2v) is 19.2. The molecular formula is C59H102NO8+. The first-order chi connectivity index (χ1) is 33.1. The molecular weight excluding hydrogens is 851 g/mol. The van der Waals surface area contributed by atoms with E-state index in [0.717, 1.165) is 96.3 Å². The molecule has 0 aromatic heterocycles. The van der Waals surface area contributed by atoms with Gasteiger partial charge in [0.2, 0.25) is 0 Å². The Kier molecular flexibility index (Phi) is 47.3. The van der Waals surface area contributed by atoms with Gasteiger partial charge in [-0.3, -0.25) is 9.59 Å². The van der Waals surface area contributed by atoms with E-state index in [1.807, 2.05) is 21.1 Å². The Morgan fingerprint density at radius 2 is 0.838 bits per heavy atom. The van der Waals surface area contributed by atoms with Crippen molar-refractivity contribution in [2.75, 3.05) is 47.5 Å². The Balaban J connectivity index is 4.11. The minimum absolute atomic E-state index is 0.184. The summed E-state index contributed by atoms with van der Waals surface area (Å²) in [6.45, 7) is 4.68. The van der Waals surface area contributed by atoms with Crippen LogP contribution < -0.4 is 0 Å². The van der Waals surface area contributed by atoms with Crippen molar-refractivity contribution >= 4 is 17.9 Å². The van der Waals surface area contributed by atoms with Gasteiger partial charge in [-0.15, -0.1) is 0 Å². The van der Waals surface area contributed by atoms with E-state index in [9.17, 15) is 19.5 Å². The van der Waals surface area contributed by atoms with Crippen molar-refractivity contribution in [2.24, 2.45) is 0 Å². The van der Waals surface area contributed by atoms with Crippen LogP contribution in [0.1, 0.15) is 213 Å². The molecule has 0 rings (SSSR count). The fourth-order valence-corrected chi connectivity index (χ4v) is 7.19. The van der Waals surface area contributed by atoms with Crippen LogP contribution in [0, 0.1) is 0 Å². The molecule has 0 aliphatic carbocycles. The monoisotopic (exact) mass is 953 g/mol. The third kappa shape index (κ3) is 50.3. The lowest BCUT2D eigenvalue weighted by Crippen LogP contribution is -2.40.